The summed E-state index contributed by atoms with van der Waals surface area (Å²) in [7, 11) is 0. The monoisotopic (exact) mass is 286 g/mol. The molecule has 0 aromatic rings. The zero-order valence-electron chi connectivity index (χ0n) is 11.3. The molecule has 0 radical (unpaired) electrons. The number of carbonyl (C=O) groups excluding carboxylic acids is 3. The summed E-state index contributed by atoms with van der Waals surface area (Å²) in [5.41, 5.74) is 0.147. The Kier molecular flexibility index (Phi) is 7.98. The molecule has 1 unspecified atom stereocenters. The normalized spacial score (nSPS) is 12.9. The number of hydrogen-bond donors (Lipinski definition) is 1. The average molecular weight is 286 g/mol. The van der Waals surface area contributed by atoms with Crippen molar-refractivity contribution >= 4 is 34.4 Å². The van der Waals surface area contributed by atoms with Gasteiger partial charge in [-0.1, -0.05) is 17.8 Å². The van der Waals surface area contributed by atoms with E-state index in [2.05, 4.69) is 0 Å². The Morgan fingerprint density at radius 1 is 1.16 bits per heavy atom. The maximum atomic E-state index is 11.8. The van der Waals surface area contributed by atoms with Gasteiger partial charge in [-0.3, -0.25) is 14.4 Å². The first kappa shape index (κ1) is 17.6. The summed E-state index contributed by atoms with van der Waals surface area (Å²) >= 11 is 1.01. The first-order valence-corrected chi connectivity index (χ1v) is 6.78. The van der Waals surface area contributed by atoms with Crippen molar-refractivity contribution in [2.24, 2.45) is 5.92 Å². The Bertz CT molecular complexity index is 411. The lowest BCUT2D eigenvalue weighted by Gasteiger charge is -2.12. The second-order valence-electron chi connectivity index (χ2n) is 4.27. The van der Waals surface area contributed by atoms with Crippen LogP contribution in [0.25, 0.3) is 0 Å². The third-order valence-electron chi connectivity index (χ3n) is 2.41. The Labute approximate surface area is 116 Å². The number of carbonyl (C=O) groups is 4. The van der Waals surface area contributed by atoms with Crippen LogP contribution in [-0.4, -0.2) is 33.5 Å². The summed E-state index contributed by atoms with van der Waals surface area (Å²) in [6, 6.07) is 0. The highest BCUT2D eigenvalue weighted by molar-refractivity contribution is 8.13. The minimum Gasteiger partial charge on any atom is -0.478 e. The van der Waals surface area contributed by atoms with Crippen molar-refractivity contribution in [2.75, 3.05) is 5.75 Å². The predicted octanol–water partition coefficient (Wildman–Crippen LogP) is 1.85. The van der Waals surface area contributed by atoms with Gasteiger partial charge in [0.15, 0.2) is 5.12 Å². The summed E-state index contributed by atoms with van der Waals surface area (Å²) in [4.78, 5) is 44.3. The summed E-state index contributed by atoms with van der Waals surface area (Å²) in [6.07, 6.45) is 1.50. The van der Waals surface area contributed by atoms with E-state index in [1.165, 1.54) is 26.8 Å². The highest BCUT2D eigenvalue weighted by Crippen LogP contribution is 2.17. The van der Waals surface area contributed by atoms with Crippen LogP contribution in [0.15, 0.2) is 11.6 Å². The minimum absolute atomic E-state index is 0.112. The Balaban J connectivity index is 4.71. The van der Waals surface area contributed by atoms with E-state index in [0.29, 0.717) is 0 Å². The van der Waals surface area contributed by atoms with Crippen LogP contribution < -0.4 is 0 Å². The molecule has 0 saturated carbocycles. The molecule has 0 spiro atoms. The van der Waals surface area contributed by atoms with Crippen LogP contribution in [0.2, 0.25) is 0 Å². The zero-order valence-corrected chi connectivity index (χ0v) is 12.1. The Hall–Kier alpha value is -1.43. The standard InChI is InChI=1S/C13H18O5S/c1-8(13(17)18)4-5-11(7-19-10(3)15)12(16)6-9(2)14/h4,11H,5-7H2,1-3H3,(H,17,18). The first-order chi connectivity index (χ1) is 8.73. The second-order valence-corrected chi connectivity index (χ2v) is 5.47. The van der Waals surface area contributed by atoms with Gasteiger partial charge in [0.25, 0.3) is 0 Å². The molecule has 0 aliphatic heterocycles. The van der Waals surface area contributed by atoms with Gasteiger partial charge in [0, 0.05) is 24.2 Å². The van der Waals surface area contributed by atoms with E-state index in [9.17, 15) is 19.2 Å². The third kappa shape index (κ3) is 8.31. The molecule has 5 nitrogen and oxygen atoms in total. The molecule has 6 heteroatoms. The van der Waals surface area contributed by atoms with Gasteiger partial charge in [-0.15, -0.1) is 0 Å². The largest absolute Gasteiger partial charge is 0.478 e. The van der Waals surface area contributed by atoms with E-state index >= 15 is 0 Å². The van der Waals surface area contributed by atoms with Gasteiger partial charge < -0.3 is 5.11 Å². The van der Waals surface area contributed by atoms with E-state index in [1.54, 1.807) is 0 Å². The van der Waals surface area contributed by atoms with Crippen molar-refractivity contribution in [1.29, 1.82) is 0 Å². The number of thioether (sulfide) groups is 1. The van der Waals surface area contributed by atoms with Gasteiger partial charge >= 0.3 is 5.97 Å². The Morgan fingerprint density at radius 3 is 2.16 bits per heavy atom. The molecule has 0 rings (SSSR count). The number of allylic oxidation sites excluding steroid dienone is 1. The van der Waals surface area contributed by atoms with Crippen molar-refractivity contribution in [3.8, 4) is 0 Å². The molecule has 1 atom stereocenters. The van der Waals surface area contributed by atoms with Gasteiger partial charge in [-0.05, 0) is 20.3 Å². The van der Waals surface area contributed by atoms with Crippen LogP contribution >= 0.6 is 11.8 Å². The van der Waals surface area contributed by atoms with Gasteiger partial charge in [-0.2, -0.15) is 0 Å². The number of aliphatic carboxylic acids is 1. The summed E-state index contributed by atoms with van der Waals surface area (Å²) in [5.74, 6) is -1.77. The molecule has 0 aromatic heterocycles. The fourth-order valence-electron chi connectivity index (χ4n) is 1.31. The second kappa shape index (κ2) is 8.63. The van der Waals surface area contributed by atoms with Crippen LogP contribution in [0.5, 0.6) is 0 Å². The van der Waals surface area contributed by atoms with Crippen molar-refractivity contribution in [3.05, 3.63) is 11.6 Å². The molecule has 106 valence electrons. The van der Waals surface area contributed by atoms with Gasteiger partial charge in [-0.25, -0.2) is 4.79 Å². The Morgan fingerprint density at radius 2 is 1.74 bits per heavy atom. The molecular weight excluding hydrogens is 268 g/mol. The number of carboxylic acids is 1. The van der Waals surface area contributed by atoms with E-state index in [-0.39, 0.29) is 40.8 Å². The quantitative estimate of drug-likeness (QED) is 0.541. The molecule has 19 heavy (non-hydrogen) atoms. The SMILES string of the molecule is CC(=O)CC(=O)C(CC=C(C)C(=O)O)CSC(C)=O. The lowest BCUT2D eigenvalue weighted by Crippen LogP contribution is -2.20. The number of carboxylic acid groups (broad SMARTS) is 1. The van der Waals surface area contributed by atoms with Gasteiger partial charge in [0.05, 0.1) is 6.42 Å². The van der Waals surface area contributed by atoms with Gasteiger partial charge in [0.1, 0.15) is 11.6 Å². The lowest BCUT2D eigenvalue weighted by atomic mass is 9.97. The molecule has 0 amide bonds. The third-order valence-corrected chi connectivity index (χ3v) is 3.39. The van der Waals surface area contributed by atoms with Crippen molar-refractivity contribution in [3.63, 3.8) is 0 Å². The van der Waals surface area contributed by atoms with Crippen molar-refractivity contribution < 1.29 is 24.3 Å². The van der Waals surface area contributed by atoms with E-state index in [4.69, 9.17) is 5.11 Å². The number of ketones is 2. The molecule has 0 aliphatic rings. The van der Waals surface area contributed by atoms with Crippen LogP contribution in [0.4, 0.5) is 0 Å². The number of rotatable bonds is 8. The number of Topliss-reactive ketones (excluding diaryl/α,β-unsaturated/α-hetero) is 2. The molecule has 0 saturated heterocycles. The van der Waals surface area contributed by atoms with Gasteiger partial charge in [0.2, 0.25) is 0 Å². The van der Waals surface area contributed by atoms with Crippen LogP contribution in [-0.2, 0) is 19.2 Å². The van der Waals surface area contributed by atoms with Crippen LogP contribution in [0.1, 0.15) is 33.6 Å². The minimum atomic E-state index is -1.04. The molecule has 0 aliphatic carbocycles. The van der Waals surface area contributed by atoms with Crippen molar-refractivity contribution in [1.82, 2.24) is 0 Å². The zero-order chi connectivity index (χ0) is 15.0. The fraction of sp³-hybridized carbons (Fsp3) is 0.538. The molecule has 0 heterocycles. The maximum absolute atomic E-state index is 11.8. The highest BCUT2D eigenvalue weighted by Gasteiger charge is 2.20. The first-order valence-electron chi connectivity index (χ1n) is 5.79. The smallest absolute Gasteiger partial charge is 0.330 e. The van der Waals surface area contributed by atoms with E-state index in [0.717, 1.165) is 11.8 Å². The van der Waals surface area contributed by atoms with E-state index < -0.39 is 11.9 Å². The molecular formula is C13H18O5S. The summed E-state index contributed by atoms with van der Waals surface area (Å²) in [6.45, 7) is 4.16. The van der Waals surface area contributed by atoms with Crippen molar-refractivity contribution in [2.45, 2.75) is 33.6 Å². The molecule has 1 N–H and O–H groups in total. The van der Waals surface area contributed by atoms with E-state index in [1.807, 2.05) is 0 Å². The average Bonchev–Trinajstić information content (AvgIpc) is 2.26. The molecule has 0 fully saturated rings. The fourth-order valence-corrected chi connectivity index (χ4v) is 2.06. The summed E-state index contributed by atoms with van der Waals surface area (Å²) < 4.78 is 0. The number of hydrogen-bond acceptors (Lipinski definition) is 5. The van der Waals surface area contributed by atoms with Crippen LogP contribution in [0.3, 0.4) is 0 Å². The predicted molar refractivity (Wildman–Crippen MR) is 72.9 cm³/mol. The molecule has 0 aromatic carbocycles. The maximum Gasteiger partial charge on any atom is 0.330 e. The lowest BCUT2D eigenvalue weighted by molar-refractivity contribution is -0.133. The topological polar surface area (TPSA) is 88.5 Å². The highest BCUT2D eigenvalue weighted by atomic mass is 32.2. The van der Waals surface area contributed by atoms with Crippen LogP contribution in [0, 0.1) is 5.92 Å². The molecule has 0 bridgehead atoms. The summed E-state index contributed by atoms with van der Waals surface area (Å²) in [5, 5.41) is 8.62.